The quantitative estimate of drug-likeness (QED) is 0.919. The first-order valence-electron chi connectivity index (χ1n) is 9.03. The van der Waals surface area contributed by atoms with Crippen LogP contribution in [-0.2, 0) is 17.6 Å². The summed E-state index contributed by atoms with van der Waals surface area (Å²) in [5, 5.41) is 7.44. The molecule has 1 amide bonds. The van der Waals surface area contributed by atoms with E-state index < -0.39 is 0 Å². The minimum Gasteiger partial charge on any atom is -0.335 e. The van der Waals surface area contributed by atoms with Crippen LogP contribution in [0.5, 0.6) is 0 Å². The van der Waals surface area contributed by atoms with Crippen molar-refractivity contribution in [2.75, 3.05) is 6.54 Å². The number of H-pyrrole nitrogens is 1. The van der Waals surface area contributed by atoms with Crippen molar-refractivity contribution in [3.63, 3.8) is 0 Å². The van der Waals surface area contributed by atoms with Crippen LogP contribution in [0.25, 0.3) is 0 Å². The molecule has 1 aliphatic heterocycles. The number of carbonyl (C=O) groups excluding carboxylic acids is 1. The summed E-state index contributed by atoms with van der Waals surface area (Å²) in [6, 6.07) is 8.88. The lowest BCUT2D eigenvalue weighted by Gasteiger charge is -2.31. The molecule has 24 heavy (non-hydrogen) atoms. The van der Waals surface area contributed by atoms with E-state index in [9.17, 15) is 4.79 Å². The van der Waals surface area contributed by atoms with Crippen molar-refractivity contribution in [3.05, 3.63) is 52.3 Å². The molecule has 2 heterocycles. The van der Waals surface area contributed by atoms with Gasteiger partial charge in [-0.25, -0.2) is 0 Å². The maximum atomic E-state index is 13.2. The maximum Gasteiger partial charge on any atom is 0.226 e. The van der Waals surface area contributed by atoms with Crippen LogP contribution in [0.3, 0.4) is 0 Å². The number of benzene rings is 1. The summed E-state index contributed by atoms with van der Waals surface area (Å²) in [7, 11) is 0. The fourth-order valence-corrected chi connectivity index (χ4v) is 4.34. The fourth-order valence-electron chi connectivity index (χ4n) is 4.34. The van der Waals surface area contributed by atoms with Crippen molar-refractivity contribution in [3.8, 4) is 0 Å². The van der Waals surface area contributed by atoms with Gasteiger partial charge in [0.15, 0.2) is 0 Å². The summed E-state index contributed by atoms with van der Waals surface area (Å²) in [5.74, 6) is 0.449. The second kappa shape index (κ2) is 6.08. The molecular formula is C20H25N3O. The maximum absolute atomic E-state index is 13.2. The number of carbonyl (C=O) groups is 1. The number of aryl methyl sites for hydroxylation is 3. The second-order valence-corrected chi connectivity index (χ2v) is 7.32. The summed E-state index contributed by atoms with van der Waals surface area (Å²) >= 11 is 0. The molecule has 1 aromatic heterocycles. The van der Waals surface area contributed by atoms with Crippen molar-refractivity contribution >= 4 is 5.91 Å². The van der Waals surface area contributed by atoms with E-state index in [0.717, 1.165) is 50.0 Å². The Morgan fingerprint density at radius 2 is 2.17 bits per heavy atom. The molecule has 126 valence electrons. The predicted octanol–water partition coefficient (Wildman–Crippen LogP) is 3.50. The number of aromatic nitrogens is 2. The van der Waals surface area contributed by atoms with Gasteiger partial charge in [-0.15, -0.1) is 0 Å². The van der Waals surface area contributed by atoms with Crippen molar-refractivity contribution < 1.29 is 4.79 Å². The highest BCUT2D eigenvalue weighted by molar-refractivity contribution is 5.80. The lowest BCUT2D eigenvalue weighted by atomic mass is 9.85. The standard InChI is InChI=1S/C20H25N3O/c1-13-5-3-6-15(11-13)19-7-4-10-23(19)20(24)16-8-9-18-17(12-16)14(2)21-22-18/h3,5-6,11,16,19H,4,7-10,12H2,1-2H3,(H,21,22). The van der Waals surface area contributed by atoms with Crippen LogP contribution in [0.15, 0.2) is 24.3 Å². The van der Waals surface area contributed by atoms with E-state index in [1.165, 1.54) is 16.7 Å². The van der Waals surface area contributed by atoms with Crippen LogP contribution >= 0.6 is 0 Å². The SMILES string of the molecule is Cc1cccc(C2CCCN2C(=O)C2CCc3n[nH]c(C)c3C2)c1. The monoisotopic (exact) mass is 323 g/mol. The Morgan fingerprint density at radius 1 is 1.29 bits per heavy atom. The number of aromatic amines is 1. The van der Waals surface area contributed by atoms with Crippen molar-refractivity contribution in [2.45, 2.75) is 52.0 Å². The van der Waals surface area contributed by atoms with Crippen molar-refractivity contribution in [1.82, 2.24) is 15.1 Å². The topological polar surface area (TPSA) is 49.0 Å². The van der Waals surface area contributed by atoms with Gasteiger partial charge in [-0.1, -0.05) is 29.8 Å². The molecule has 4 rings (SSSR count). The highest BCUT2D eigenvalue weighted by Crippen LogP contribution is 2.36. The Kier molecular flexibility index (Phi) is 3.91. The van der Waals surface area contributed by atoms with Crippen LogP contribution in [0.1, 0.15) is 53.4 Å². The van der Waals surface area contributed by atoms with E-state index in [1.54, 1.807) is 0 Å². The molecule has 1 N–H and O–H groups in total. The summed E-state index contributed by atoms with van der Waals surface area (Å²) < 4.78 is 0. The molecule has 2 aromatic rings. The lowest BCUT2D eigenvalue weighted by Crippen LogP contribution is -2.38. The molecule has 1 fully saturated rings. The number of likely N-dealkylation sites (tertiary alicyclic amines) is 1. The van der Waals surface area contributed by atoms with Crippen molar-refractivity contribution in [1.29, 1.82) is 0 Å². The van der Waals surface area contributed by atoms with Gasteiger partial charge in [-0.2, -0.15) is 5.10 Å². The molecule has 0 spiro atoms. The van der Waals surface area contributed by atoms with Gasteiger partial charge in [-0.3, -0.25) is 9.89 Å². The largest absolute Gasteiger partial charge is 0.335 e. The van der Waals surface area contributed by atoms with Gasteiger partial charge in [0.05, 0.1) is 11.7 Å². The number of hydrogen-bond acceptors (Lipinski definition) is 2. The predicted molar refractivity (Wildman–Crippen MR) is 93.7 cm³/mol. The van der Waals surface area contributed by atoms with Crippen molar-refractivity contribution in [2.24, 2.45) is 5.92 Å². The zero-order valence-corrected chi connectivity index (χ0v) is 14.5. The molecule has 1 aromatic carbocycles. The third-order valence-electron chi connectivity index (χ3n) is 5.65. The molecule has 2 aliphatic rings. The molecule has 4 heteroatoms. The van der Waals surface area contributed by atoms with Crippen LogP contribution in [0.2, 0.25) is 0 Å². The first-order valence-corrected chi connectivity index (χ1v) is 9.03. The van der Waals surface area contributed by atoms with Gasteiger partial charge in [0.1, 0.15) is 0 Å². The van der Waals surface area contributed by atoms with Gasteiger partial charge >= 0.3 is 0 Å². The molecule has 0 radical (unpaired) electrons. The normalized spacial score (nSPS) is 23.3. The van der Waals surface area contributed by atoms with Crippen LogP contribution in [0.4, 0.5) is 0 Å². The van der Waals surface area contributed by atoms with Crippen LogP contribution < -0.4 is 0 Å². The number of nitrogens with zero attached hydrogens (tertiary/aromatic N) is 2. The van der Waals surface area contributed by atoms with Gasteiger partial charge < -0.3 is 4.90 Å². The van der Waals surface area contributed by atoms with Gasteiger partial charge in [-0.05, 0) is 57.1 Å². The van der Waals surface area contributed by atoms with Crippen LogP contribution in [-0.4, -0.2) is 27.5 Å². The smallest absolute Gasteiger partial charge is 0.226 e. The Hall–Kier alpha value is -2.10. The summed E-state index contributed by atoms with van der Waals surface area (Å²) in [4.78, 5) is 15.3. The third kappa shape index (κ3) is 2.64. The second-order valence-electron chi connectivity index (χ2n) is 7.32. The van der Waals surface area contributed by atoms with Gasteiger partial charge in [0.25, 0.3) is 0 Å². The summed E-state index contributed by atoms with van der Waals surface area (Å²) in [6.45, 7) is 5.07. The van der Waals surface area contributed by atoms with E-state index in [4.69, 9.17) is 0 Å². The summed E-state index contributed by atoms with van der Waals surface area (Å²) in [5.41, 5.74) is 6.11. The third-order valence-corrected chi connectivity index (χ3v) is 5.65. The first-order chi connectivity index (χ1) is 11.6. The molecular weight excluding hydrogens is 298 g/mol. The van der Waals surface area contributed by atoms with E-state index in [1.807, 2.05) is 0 Å². The Labute approximate surface area is 143 Å². The zero-order chi connectivity index (χ0) is 16.7. The highest BCUT2D eigenvalue weighted by Gasteiger charge is 2.36. The van der Waals surface area contributed by atoms with E-state index in [-0.39, 0.29) is 12.0 Å². The Bertz CT molecular complexity index is 764. The fraction of sp³-hybridized carbons (Fsp3) is 0.500. The van der Waals surface area contributed by atoms with E-state index in [2.05, 4.69) is 53.2 Å². The molecule has 1 saturated heterocycles. The Balaban J connectivity index is 1.55. The van der Waals surface area contributed by atoms with E-state index in [0.29, 0.717) is 5.91 Å². The lowest BCUT2D eigenvalue weighted by molar-refractivity contribution is -0.136. The number of amides is 1. The molecule has 0 bridgehead atoms. The minimum atomic E-state index is 0.110. The van der Waals surface area contributed by atoms with E-state index >= 15 is 0 Å². The van der Waals surface area contributed by atoms with Gasteiger partial charge in [0.2, 0.25) is 5.91 Å². The average Bonchev–Trinajstić information content (AvgIpc) is 3.21. The highest BCUT2D eigenvalue weighted by atomic mass is 16.2. The average molecular weight is 323 g/mol. The molecule has 2 atom stereocenters. The molecule has 0 saturated carbocycles. The summed E-state index contributed by atoms with van der Waals surface area (Å²) in [6.07, 6.45) is 4.87. The first kappa shape index (κ1) is 15.4. The van der Waals surface area contributed by atoms with Crippen LogP contribution in [0, 0.1) is 19.8 Å². The number of nitrogens with one attached hydrogen (secondary N) is 1. The van der Waals surface area contributed by atoms with Gasteiger partial charge in [0, 0.05) is 18.2 Å². The molecule has 1 aliphatic carbocycles. The molecule has 2 unspecified atom stereocenters. The Morgan fingerprint density at radius 3 is 3.00 bits per heavy atom. The number of rotatable bonds is 2. The minimum absolute atomic E-state index is 0.110. The zero-order valence-electron chi connectivity index (χ0n) is 14.5. The number of hydrogen-bond donors (Lipinski definition) is 1. The molecule has 4 nitrogen and oxygen atoms in total. The number of fused-ring (bicyclic) bond motifs is 1.